The summed E-state index contributed by atoms with van der Waals surface area (Å²) in [7, 11) is 0. The number of halogens is 1. The third-order valence-corrected chi connectivity index (χ3v) is 5.36. The summed E-state index contributed by atoms with van der Waals surface area (Å²) in [6, 6.07) is 12.6. The monoisotopic (exact) mass is 423 g/mol. The molecule has 0 saturated carbocycles. The van der Waals surface area contributed by atoms with Gasteiger partial charge in [0.15, 0.2) is 0 Å². The van der Waals surface area contributed by atoms with Crippen LogP contribution in [0.3, 0.4) is 0 Å². The Morgan fingerprint density at radius 1 is 1.13 bits per heavy atom. The molecule has 0 spiro atoms. The van der Waals surface area contributed by atoms with Crippen molar-refractivity contribution in [1.29, 1.82) is 0 Å². The minimum absolute atomic E-state index is 0.0400. The van der Waals surface area contributed by atoms with Crippen LogP contribution in [-0.4, -0.2) is 43.6 Å². The molecule has 2 heterocycles. The number of carbonyl (C=O) groups is 2. The van der Waals surface area contributed by atoms with Crippen LogP contribution in [0.5, 0.6) is 11.5 Å². The number of rotatable bonds is 6. The lowest BCUT2D eigenvalue weighted by Gasteiger charge is -2.34. The maximum atomic E-state index is 13.1. The Labute approximate surface area is 178 Å². The van der Waals surface area contributed by atoms with Gasteiger partial charge in [-0.1, -0.05) is 0 Å². The molecule has 31 heavy (non-hydrogen) atoms. The zero-order valence-electron chi connectivity index (χ0n) is 17.0. The summed E-state index contributed by atoms with van der Waals surface area (Å²) < 4.78 is 20.1. The van der Waals surface area contributed by atoms with Crippen LogP contribution in [0.1, 0.15) is 19.8 Å². The van der Waals surface area contributed by atoms with E-state index in [1.807, 2.05) is 0 Å². The maximum absolute atomic E-state index is 13.1. The second-order valence-electron chi connectivity index (χ2n) is 7.55. The molecule has 1 aliphatic heterocycles. The number of aromatic nitrogens is 3. The highest BCUT2D eigenvalue weighted by molar-refractivity contribution is 6.00. The molecule has 1 fully saturated rings. The van der Waals surface area contributed by atoms with Crippen LogP contribution in [0.2, 0.25) is 0 Å². The molecule has 9 heteroatoms. The first kappa shape index (κ1) is 20.5. The van der Waals surface area contributed by atoms with Crippen molar-refractivity contribution in [3.8, 4) is 11.5 Å². The third kappa shape index (κ3) is 4.55. The first-order valence-electron chi connectivity index (χ1n) is 9.92. The van der Waals surface area contributed by atoms with E-state index in [1.54, 1.807) is 36.1 Å². The molecule has 0 radical (unpaired) electrons. The molecule has 1 aliphatic rings. The van der Waals surface area contributed by atoms with Crippen LogP contribution in [0.25, 0.3) is 0 Å². The minimum atomic E-state index is -0.944. The zero-order valence-corrected chi connectivity index (χ0v) is 17.0. The molecule has 2 aromatic carbocycles. The first-order chi connectivity index (χ1) is 14.9. The highest BCUT2D eigenvalue weighted by Crippen LogP contribution is 2.31. The van der Waals surface area contributed by atoms with Crippen LogP contribution in [0, 0.1) is 5.82 Å². The van der Waals surface area contributed by atoms with Crippen molar-refractivity contribution < 1.29 is 18.7 Å². The van der Waals surface area contributed by atoms with Crippen molar-refractivity contribution in [2.24, 2.45) is 0 Å². The summed E-state index contributed by atoms with van der Waals surface area (Å²) in [5.41, 5.74) is -0.353. The van der Waals surface area contributed by atoms with Gasteiger partial charge in [0.25, 0.3) is 0 Å². The quantitative estimate of drug-likeness (QED) is 0.658. The van der Waals surface area contributed by atoms with Gasteiger partial charge in [0.1, 0.15) is 42.1 Å². The van der Waals surface area contributed by atoms with E-state index in [0.717, 1.165) is 6.42 Å². The Balaban J connectivity index is 1.40. The molecule has 1 unspecified atom stereocenters. The topological polar surface area (TPSA) is 89.4 Å². The van der Waals surface area contributed by atoms with Gasteiger partial charge >= 0.3 is 0 Å². The highest BCUT2D eigenvalue weighted by atomic mass is 19.1. The molecule has 1 aromatic heterocycles. The fourth-order valence-electron chi connectivity index (χ4n) is 3.65. The Bertz CT molecular complexity index is 1050. The lowest BCUT2D eigenvalue weighted by atomic mass is 9.97. The average Bonchev–Trinajstić information content (AvgIpc) is 3.41. The standard InChI is InChI=1S/C22H22FN5O3/c1-22(11-2-12-28(22)20(29)13-27-15-24-14-25-27)21(30)26-17-5-9-19(10-6-17)31-18-7-3-16(23)4-8-18/h3-10,14-15H,2,11-13H2,1H3,(H,26,30). The molecular formula is C22H22FN5O3. The van der Waals surface area contributed by atoms with E-state index in [1.165, 1.54) is 41.6 Å². The van der Waals surface area contributed by atoms with Gasteiger partial charge < -0.3 is 15.0 Å². The van der Waals surface area contributed by atoms with Crippen molar-refractivity contribution in [3.63, 3.8) is 0 Å². The number of hydrogen-bond acceptors (Lipinski definition) is 5. The second kappa shape index (κ2) is 8.55. The molecule has 4 rings (SSSR count). The molecule has 1 N–H and O–H groups in total. The molecule has 0 bridgehead atoms. The normalized spacial score (nSPS) is 18.1. The van der Waals surface area contributed by atoms with E-state index in [2.05, 4.69) is 15.4 Å². The summed E-state index contributed by atoms with van der Waals surface area (Å²) >= 11 is 0. The summed E-state index contributed by atoms with van der Waals surface area (Å²) in [4.78, 5) is 31.2. The molecule has 1 atom stereocenters. The Morgan fingerprint density at radius 2 is 1.81 bits per heavy atom. The van der Waals surface area contributed by atoms with Gasteiger partial charge in [0, 0.05) is 12.2 Å². The summed E-state index contributed by atoms with van der Waals surface area (Å²) in [5.74, 6) is 0.312. The van der Waals surface area contributed by atoms with Gasteiger partial charge in [0.2, 0.25) is 11.8 Å². The van der Waals surface area contributed by atoms with Crippen LogP contribution in [0.4, 0.5) is 10.1 Å². The molecule has 0 aliphatic carbocycles. The highest BCUT2D eigenvalue weighted by Gasteiger charge is 2.45. The van der Waals surface area contributed by atoms with Gasteiger partial charge in [0.05, 0.1) is 0 Å². The van der Waals surface area contributed by atoms with E-state index < -0.39 is 5.54 Å². The Kier molecular flexibility index (Phi) is 5.66. The summed E-state index contributed by atoms with van der Waals surface area (Å²) in [5, 5.41) is 6.85. The average molecular weight is 423 g/mol. The maximum Gasteiger partial charge on any atom is 0.250 e. The number of likely N-dealkylation sites (tertiary alicyclic amines) is 1. The SMILES string of the molecule is CC1(C(=O)Nc2ccc(Oc3ccc(F)cc3)cc2)CCCN1C(=O)Cn1cncn1. The van der Waals surface area contributed by atoms with E-state index in [9.17, 15) is 14.0 Å². The van der Waals surface area contributed by atoms with Gasteiger partial charge in [-0.3, -0.25) is 9.59 Å². The third-order valence-electron chi connectivity index (χ3n) is 5.36. The van der Waals surface area contributed by atoms with Gasteiger partial charge in [-0.25, -0.2) is 14.1 Å². The van der Waals surface area contributed by atoms with Crippen molar-refractivity contribution >= 4 is 17.5 Å². The van der Waals surface area contributed by atoms with Crippen LogP contribution in [0.15, 0.2) is 61.2 Å². The van der Waals surface area contributed by atoms with Crippen LogP contribution >= 0.6 is 0 Å². The molecule has 8 nitrogen and oxygen atoms in total. The smallest absolute Gasteiger partial charge is 0.250 e. The number of carbonyl (C=O) groups excluding carboxylic acids is 2. The van der Waals surface area contributed by atoms with Crippen molar-refractivity contribution in [1.82, 2.24) is 19.7 Å². The number of anilines is 1. The van der Waals surface area contributed by atoms with E-state index >= 15 is 0 Å². The Hall–Kier alpha value is -3.75. The minimum Gasteiger partial charge on any atom is -0.457 e. The van der Waals surface area contributed by atoms with Gasteiger partial charge in [-0.2, -0.15) is 5.10 Å². The largest absolute Gasteiger partial charge is 0.457 e. The fourth-order valence-corrected chi connectivity index (χ4v) is 3.65. The number of hydrogen-bond donors (Lipinski definition) is 1. The number of benzene rings is 2. The molecular weight excluding hydrogens is 401 g/mol. The molecule has 3 aromatic rings. The summed E-state index contributed by atoms with van der Waals surface area (Å²) in [6.07, 6.45) is 4.17. The van der Waals surface area contributed by atoms with E-state index in [0.29, 0.717) is 30.2 Å². The van der Waals surface area contributed by atoms with Crippen molar-refractivity contribution in [2.45, 2.75) is 31.8 Å². The van der Waals surface area contributed by atoms with Gasteiger partial charge in [-0.15, -0.1) is 0 Å². The lowest BCUT2D eigenvalue weighted by Crippen LogP contribution is -2.54. The molecule has 2 amide bonds. The van der Waals surface area contributed by atoms with Gasteiger partial charge in [-0.05, 0) is 68.3 Å². The molecule has 1 saturated heterocycles. The van der Waals surface area contributed by atoms with Crippen LogP contribution in [-0.2, 0) is 16.1 Å². The zero-order chi connectivity index (χ0) is 21.8. The Morgan fingerprint density at radius 3 is 2.45 bits per heavy atom. The molecule has 160 valence electrons. The summed E-state index contributed by atoms with van der Waals surface area (Å²) in [6.45, 7) is 2.33. The van der Waals surface area contributed by atoms with E-state index in [4.69, 9.17) is 4.74 Å². The fraction of sp³-hybridized carbons (Fsp3) is 0.273. The predicted molar refractivity (Wildman–Crippen MR) is 111 cm³/mol. The second-order valence-corrected chi connectivity index (χ2v) is 7.55. The van der Waals surface area contributed by atoms with Crippen molar-refractivity contribution in [3.05, 3.63) is 67.0 Å². The number of amides is 2. The van der Waals surface area contributed by atoms with E-state index in [-0.39, 0.29) is 24.2 Å². The van der Waals surface area contributed by atoms with Crippen molar-refractivity contribution in [2.75, 3.05) is 11.9 Å². The van der Waals surface area contributed by atoms with Crippen LogP contribution < -0.4 is 10.1 Å². The lowest BCUT2D eigenvalue weighted by molar-refractivity contribution is -0.142. The number of nitrogens with zero attached hydrogens (tertiary/aromatic N) is 4. The number of nitrogens with one attached hydrogen (secondary N) is 1. The first-order valence-corrected chi connectivity index (χ1v) is 9.92. The predicted octanol–water partition coefficient (Wildman–Crippen LogP) is 3.23. The number of ether oxygens (including phenoxy) is 1.